The highest BCUT2D eigenvalue weighted by Crippen LogP contribution is 2.44. The molecule has 0 radical (unpaired) electrons. The molecule has 2 N–H and O–H groups in total. The summed E-state index contributed by atoms with van der Waals surface area (Å²) in [6, 6.07) is 0. The molecular weight excluding hydrogens is 376 g/mol. The Morgan fingerprint density at radius 3 is 1.87 bits per heavy atom. The first-order valence-electron chi connectivity index (χ1n) is 12.1. The number of hydrogen-bond donors (Lipinski definition) is 2. The van der Waals surface area contributed by atoms with Crippen LogP contribution in [0.2, 0.25) is 0 Å². The minimum absolute atomic E-state index is 0.0931. The van der Waals surface area contributed by atoms with Crippen LogP contribution >= 0.6 is 0 Å². The minimum Gasteiger partial charge on any atom is -0.390 e. The maximum Gasteiger partial charge on any atom is 0.163 e. The zero-order valence-electron chi connectivity index (χ0n) is 21.1. The van der Waals surface area contributed by atoms with Gasteiger partial charge in [0.15, 0.2) is 5.78 Å². The van der Waals surface area contributed by atoms with Crippen LogP contribution in [-0.4, -0.2) is 33.0 Å². The number of aliphatic hydroxyl groups is 2. The maximum absolute atomic E-state index is 12.4. The third kappa shape index (κ3) is 12.8. The van der Waals surface area contributed by atoms with E-state index in [0.717, 1.165) is 57.8 Å². The number of rotatable bonds is 17. The molecule has 0 saturated carbocycles. The SMILES string of the molecule is CCCC(C(CCCC(C)(C)O)CCC(=O)C(C)(C)O)C(C)(C)CCCCC(C)=O. The first-order chi connectivity index (χ1) is 13.6. The Morgan fingerprint density at radius 1 is 0.800 bits per heavy atom. The molecule has 0 bridgehead atoms. The number of carbonyl (C=O) groups is 2. The first-order valence-corrected chi connectivity index (χ1v) is 12.1. The Balaban J connectivity index is 5.32. The molecule has 0 rings (SSSR count). The van der Waals surface area contributed by atoms with Crippen molar-refractivity contribution in [3.8, 4) is 0 Å². The fourth-order valence-electron chi connectivity index (χ4n) is 4.68. The number of Topliss-reactive ketones (excluding diaryl/α,β-unsaturated/α-hetero) is 2. The molecule has 0 amide bonds. The Bertz CT molecular complexity index is 508. The van der Waals surface area contributed by atoms with E-state index in [-0.39, 0.29) is 17.0 Å². The molecule has 0 fully saturated rings. The molecule has 30 heavy (non-hydrogen) atoms. The summed E-state index contributed by atoms with van der Waals surface area (Å²) in [7, 11) is 0. The Morgan fingerprint density at radius 2 is 1.40 bits per heavy atom. The Kier molecular flexibility index (Phi) is 12.6. The van der Waals surface area contributed by atoms with Crippen LogP contribution in [0.15, 0.2) is 0 Å². The van der Waals surface area contributed by atoms with Gasteiger partial charge in [0.2, 0.25) is 0 Å². The zero-order chi connectivity index (χ0) is 23.6. The second-order valence-electron chi connectivity index (χ2n) is 11.3. The highest BCUT2D eigenvalue weighted by Gasteiger charge is 2.35. The van der Waals surface area contributed by atoms with Gasteiger partial charge in [-0.3, -0.25) is 4.79 Å². The van der Waals surface area contributed by atoms with Gasteiger partial charge < -0.3 is 15.0 Å². The predicted molar refractivity (Wildman–Crippen MR) is 126 cm³/mol. The lowest BCUT2D eigenvalue weighted by Gasteiger charge is -2.41. The van der Waals surface area contributed by atoms with Crippen LogP contribution in [0.4, 0.5) is 0 Å². The number of carbonyl (C=O) groups excluding carboxylic acids is 2. The van der Waals surface area contributed by atoms with Crippen molar-refractivity contribution in [2.24, 2.45) is 17.3 Å². The van der Waals surface area contributed by atoms with Crippen LogP contribution in [0.25, 0.3) is 0 Å². The van der Waals surface area contributed by atoms with Gasteiger partial charge in [-0.2, -0.15) is 0 Å². The fraction of sp³-hybridized carbons (Fsp3) is 0.923. The van der Waals surface area contributed by atoms with Crippen LogP contribution in [-0.2, 0) is 9.59 Å². The highest BCUT2D eigenvalue weighted by atomic mass is 16.3. The van der Waals surface area contributed by atoms with Gasteiger partial charge in [-0.05, 0) is 84.0 Å². The van der Waals surface area contributed by atoms with Crippen LogP contribution in [0.5, 0.6) is 0 Å². The van der Waals surface area contributed by atoms with E-state index < -0.39 is 11.2 Å². The van der Waals surface area contributed by atoms with E-state index in [1.807, 2.05) is 13.8 Å². The van der Waals surface area contributed by atoms with Gasteiger partial charge in [-0.25, -0.2) is 0 Å². The number of unbranched alkanes of at least 4 members (excludes halogenated alkanes) is 1. The van der Waals surface area contributed by atoms with Gasteiger partial charge in [-0.15, -0.1) is 0 Å². The first kappa shape index (κ1) is 29.3. The molecule has 4 heteroatoms. The molecule has 0 aliphatic rings. The molecule has 0 spiro atoms. The molecule has 0 aromatic rings. The molecule has 0 aliphatic carbocycles. The second kappa shape index (κ2) is 13.0. The molecule has 4 nitrogen and oxygen atoms in total. The standard InChI is InChI=1S/C26H50O4/c1-9-13-22(24(3,4)18-11-10-14-20(2)27)21(15-12-19-25(5,6)29)16-17-23(28)26(7,8)30/h21-22,29-30H,9-19H2,1-8H3. The van der Waals surface area contributed by atoms with Crippen LogP contribution in [0.1, 0.15) is 126 Å². The second-order valence-corrected chi connectivity index (χ2v) is 11.3. The molecule has 0 heterocycles. The third-order valence-electron chi connectivity index (χ3n) is 6.56. The van der Waals surface area contributed by atoms with Gasteiger partial charge in [0.05, 0.1) is 5.60 Å². The highest BCUT2D eigenvalue weighted by molar-refractivity contribution is 5.86. The molecule has 2 unspecified atom stereocenters. The van der Waals surface area contributed by atoms with E-state index in [1.165, 1.54) is 0 Å². The third-order valence-corrected chi connectivity index (χ3v) is 6.56. The van der Waals surface area contributed by atoms with Crippen molar-refractivity contribution in [2.75, 3.05) is 0 Å². The van der Waals surface area contributed by atoms with Crippen molar-refractivity contribution in [3.05, 3.63) is 0 Å². The molecule has 178 valence electrons. The van der Waals surface area contributed by atoms with Gasteiger partial charge in [0.25, 0.3) is 0 Å². The van der Waals surface area contributed by atoms with Crippen molar-refractivity contribution in [1.29, 1.82) is 0 Å². The Labute approximate surface area is 186 Å². The average molecular weight is 427 g/mol. The van der Waals surface area contributed by atoms with E-state index in [1.54, 1.807) is 20.8 Å². The monoisotopic (exact) mass is 426 g/mol. The molecule has 0 aliphatic heterocycles. The Hall–Kier alpha value is -0.740. The quantitative estimate of drug-likeness (QED) is 0.269. The van der Waals surface area contributed by atoms with E-state index in [9.17, 15) is 19.8 Å². The number of ketones is 2. The molecule has 0 aromatic carbocycles. The maximum atomic E-state index is 12.4. The predicted octanol–water partition coefficient (Wildman–Crippen LogP) is 6.26. The van der Waals surface area contributed by atoms with Crippen molar-refractivity contribution < 1.29 is 19.8 Å². The normalized spacial score (nSPS) is 15.1. The van der Waals surface area contributed by atoms with E-state index in [0.29, 0.717) is 24.7 Å². The molecule has 2 atom stereocenters. The zero-order valence-corrected chi connectivity index (χ0v) is 21.1. The van der Waals surface area contributed by atoms with Crippen molar-refractivity contribution in [3.63, 3.8) is 0 Å². The van der Waals surface area contributed by atoms with Gasteiger partial charge >= 0.3 is 0 Å². The van der Waals surface area contributed by atoms with Gasteiger partial charge in [0.1, 0.15) is 11.4 Å². The van der Waals surface area contributed by atoms with Crippen molar-refractivity contribution >= 4 is 11.6 Å². The minimum atomic E-state index is -1.28. The largest absolute Gasteiger partial charge is 0.390 e. The summed E-state index contributed by atoms with van der Waals surface area (Å²) in [4.78, 5) is 23.7. The summed E-state index contributed by atoms with van der Waals surface area (Å²) in [5.74, 6) is 1.04. The van der Waals surface area contributed by atoms with Gasteiger partial charge in [0, 0.05) is 12.8 Å². The lowest BCUT2D eigenvalue weighted by atomic mass is 9.65. The smallest absolute Gasteiger partial charge is 0.163 e. The molecular formula is C26H50O4. The lowest BCUT2D eigenvalue weighted by Crippen LogP contribution is -2.34. The van der Waals surface area contributed by atoms with Crippen LogP contribution in [0.3, 0.4) is 0 Å². The summed E-state index contributed by atoms with van der Waals surface area (Å²) in [6.45, 7) is 15.4. The average Bonchev–Trinajstić information content (AvgIpc) is 2.57. The van der Waals surface area contributed by atoms with Crippen LogP contribution in [0, 0.1) is 17.3 Å². The summed E-state index contributed by atoms with van der Waals surface area (Å²) in [6.07, 6.45) is 9.80. The van der Waals surface area contributed by atoms with Crippen LogP contribution < -0.4 is 0 Å². The van der Waals surface area contributed by atoms with E-state index in [2.05, 4.69) is 20.8 Å². The summed E-state index contributed by atoms with van der Waals surface area (Å²) < 4.78 is 0. The topological polar surface area (TPSA) is 74.6 Å². The number of hydrogen-bond acceptors (Lipinski definition) is 4. The fourth-order valence-corrected chi connectivity index (χ4v) is 4.68. The van der Waals surface area contributed by atoms with E-state index >= 15 is 0 Å². The van der Waals surface area contributed by atoms with Gasteiger partial charge in [-0.1, -0.05) is 46.5 Å². The molecule has 0 saturated heterocycles. The summed E-state index contributed by atoms with van der Waals surface area (Å²) in [5.41, 5.74) is -1.82. The van der Waals surface area contributed by atoms with E-state index in [4.69, 9.17) is 0 Å². The molecule has 0 aromatic heterocycles. The summed E-state index contributed by atoms with van der Waals surface area (Å²) in [5, 5.41) is 20.2. The van der Waals surface area contributed by atoms with Crippen molar-refractivity contribution in [1.82, 2.24) is 0 Å². The summed E-state index contributed by atoms with van der Waals surface area (Å²) >= 11 is 0. The lowest BCUT2D eigenvalue weighted by molar-refractivity contribution is -0.134. The van der Waals surface area contributed by atoms with Crippen molar-refractivity contribution in [2.45, 2.75) is 137 Å².